The predicted molar refractivity (Wildman–Crippen MR) is 45.1 cm³/mol. The normalized spacial score (nSPS) is 10.0. The first kappa shape index (κ1) is 11.1. The molecule has 0 aliphatic heterocycles. The molecule has 12 heavy (non-hydrogen) atoms. The van der Waals surface area contributed by atoms with Crippen LogP contribution in [0.15, 0.2) is 12.2 Å². The standard InChI is InChI=1S/C8H15NO3/c1-6(2)4-11-5-7(3)8(10)12-9/h6H,3-5,9H2,1-2H3. The maximum Gasteiger partial charge on any atom is 0.354 e. The first-order valence-corrected chi connectivity index (χ1v) is 3.74. The average Bonchev–Trinajstić information content (AvgIpc) is 2.02. The number of ether oxygens (including phenoxy) is 1. The van der Waals surface area contributed by atoms with Crippen molar-refractivity contribution >= 4 is 5.97 Å². The first-order chi connectivity index (χ1) is 5.57. The van der Waals surface area contributed by atoms with E-state index in [0.29, 0.717) is 12.5 Å². The van der Waals surface area contributed by atoms with Gasteiger partial charge in [-0.1, -0.05) is 20.4 Å². The van der Waals surface area contributed by atoms with Gasteiger partial charge in [-0.05, 0) is 5.92 Å². The summed E-state index contributed by atoms with van der Waals surface area (Å²) in [5, 5.41) is 0. The fraction of sp³-hybridized carbons (Fsp3) is 0.625. The van der Waals surface area contributed by atoms with E-state index in [2.05, 4.69) is 17.3 Å². The molecule has 0 aliphatic rings. The van der Waals surface area contributed by atoms with Gasteiger partial charge in [0.25, 0.3) is 0 Å². The Bertz CT molecular complexity index is 166. The van der Waals surface area contributed by atoms with Crippen molar-refractivity contribution in [2.45, 2.75) is 13.8 Å². The molecular formula is C8H15NO3. The summed E-state index contributed by atoms with van der Waals surface area (Å²) in [6, 6.07) is 0. The van der Waals surface area contributed by atoms with Gasteiger partial charge < -0.3 is 9.57 Å². The number of hydrogen-bond acceptors (Lipinski definition) is 4. The van der Waals surface area contributed by atoms with Gasteiger partial charge in [0, 0.05) is 6.61 Å². The summed E-state index contributed by atoms with van der Waals surface area (Å²) in [6.45, 7) is 8.25. The first-order valence-electron chi connectivity index (χ1n) is 3.74. The number of carbonyl (C=O) groups excluding carboxylic acids is 1. The summed E-state index contributed by atoms with van der Waals surface area (Å²) in [7, 11) is 0. The molecule has 0 aliphatic carbocycles. The van der Waals surface area contributed by atoms with Gasteiger partial charge in [0.1, 0.15) is 0 Å². The van der Waals surface area contributed by atoms with Crippen LogP contribution in [0.3, 0.4) is 0 Å². The summed E-state index contributed by atoms with van der Waals surface area (Å²) in [5.41, 5.74) is 0.234. The summed E-state index contributed by atoms with van der Waals surface area (Å²) in [5.74, 6) is 4.45. The molecule has 0 atom stereocenters. The number of nitrogens with two attached hydrogens (primary N) is 1. The second-order valence-electron chi connectivity index (χ2n) is 2.92. The van der Waals surface area contributed by atoms with Crippen molar-refractivity contribution in [3.05, 3.63) is 12.2 Å². The molecular weight excluding hydrogens is 158 g/mol. The summed E-state index contributed by atoms with van der Waals surface area (Å²) >= 11 is 0. The van der Waals surface area contributed by atoms with E-state index < -0.39 is 5.97 Å². The molecule has 0 bridgehead atoms. The number of hydrogen-bond donors (Lipinski definition) is 1. The molecule has 2 N–H and O–H groups in total. The smallest absolute Gasteiger partial charge is 0.354 e. The third kappa shape index (κ3) is 4.87. The lowest BCUT2D eigenvalue weighted by Crippen LogP contribution is -2.16. The van der Waals surface area contributed by atoms with Gasteiger partial charge in [-0.25, -0.2) is 4.79 Å². The van der Waals surface area contributed by atoms with Gasteiger partial charge >= 0.3 is 5.97 Å². The van der Waals surface area contributed by atoms with Gasteiger partial charge in [-0.2, -0.15) is 5.90 Å². The monoisotopic (exact) mass is 173 g/mol. The average molecular weight is 173 g/mol. The van der Waals surface area contributed by atoms with E-state index in [9.17, 15) is 4.79 Å². The second kappa shape index (κ2) is 5.74. The van der Waals surface area contributed by atoms with Crippen LogP contribution in [0.5, 0.6) is 0 Å². The highest BCUT2D eigenvalue weighted by Crippen LogP contribution is 1.97. The van der Waals surface area contributed by atoms with Crippen molar-refractivity contribution in [1.29, 1.82) is 0 Å². The lowest BCUT2D eigenvalue weighted by molar-refractivity contribution is -0.140. The molecule has 0 amide bonds. The minimum atomic E-state index is -0.626. The Hall–Kier alpha value is -0.870. The van der Waals surface area contributed by atoms with Crippen LogP contribution in [0.25, 0.3) is 0 Å². The Labute approximate surface area is 72.3 Å². The highest BCUT2D eigenvalue weighted by Gasteiger charge is 2.06. The van der Waals surface area contributed by atoms with Crippen LogP contribution < -0.4 is 5.90 Å². The van der Waals surface area contributed by atoms with Crippen LogP contribution in [0.2, 0.25) is 0 Å². The van der Waals surface area contributed by atoms with E-state index in [1.54, 1.807) is 0 Å². The molecule has 70 valence electrons. The van der Waals surface area contributed by atoms with Gasteiger partial charge in [0.15, 0.2) is 0 Å². The molecule has 0 aromatic heterocycles. The minimum Gasteiger partial charge on any atom is -0.376 e. The Morgan fingerprint density at radius 2 is 2.17 bits per heavy atom. The molecule has 0 radical (unpaired) electrons. The highest BCUT2D eigenvalue weighted by molar-refractivity contribution is 5.87. The van der Waals surface area contributed by atoms with Crippen molar-refractivity contribution in [3.63, 3.8) is 0 Å². The molecule has 0 spiro atoms. The zero-order valence-electron chi connectivity index (χ0n) is 7.50. The van der Waals surface area contributed by atoms with Gasteiger partial charge in [-0.15, -0.1) is 0 Å². The van der Waals surface area contributed by atoms with Crippen LogP contribution in [-0.2, 0) is 14.4 Å². The Morgan fingerprint density at radius 3 is 2.58 bits per heavy atom. The maximum absolute atomic E-state index is 10.7. The van der Waals surface area contributed by atoms with Crippen molar-refractivity contribution in [2.75, 3.05) is 13.2 Å². The Kier molecular flexibility index (Phi) is 5.32. The molecule has 4 nitrogen and oxygen atoms in total. The van der Waals surface area contributed by atoms with Crippen molar-refractivity contribution in [3.8, 4) is 0 Å². The van der Waals surface area contributed by atoms with E-state index in [4.69, 9.17) is 4.74 Å². The molecule has 4 heteroatoms. The SMILES string of the molecule is C=C(COCC(C)C)C(=O)ON. The van der Waals surface area contributed by atoms with Crippen LogP contribution >= 0.6 is 0 Å². The molecule has 0 saturated carbocycles. The Balaban J connectivity index is 3.51. The van der Waals surface area contributed by atoms with Crippen molar-refractivity contribution in [1.82, 2.24) is 0 Å². The van der Waals surface area contributed by atoms with Gasteiger partial charge in [0.05, 0.1) is 12.2 Å². The zero-order valence-corrected chi connectivity index (χ0v) is 7.50. The van der Waals surface area contributed by atoms with Crippen LogP contribution in [0.4, 0.5) is 0 Å². The largest absolute Gasteiger partial charge is 0.376 e. The summed E-state index contributed by atoms with van der Waals surface area (Å²) in [6.07, 6.45) is 0. The predicted octanol–water partition coefficient (Wildman–Crippen LogP) is 0.632. The van der Waals surface area contributed by atoms with E-state index >= 15 is 0 Å². The molecule has 0 aromatic rings. The molecule has 0 heterocycles. The van der Waals surface area contributed by atoms with E-state index in [1.165, 1.54) is 0 Å². The van der Waals surface area contributed by atoms with E-state index in [0.717, 1.165) is 0 Å². The minimum absolute atomic E-state index is 0.175. The third-order valence-corrected chi connectivity index (χ3v) is 1.12. The Morgan fingerprint density at radius 1 is 1.58 bits per heavy atom. The van der Waals surface area contributed by atoms with Gasteiger partial charge in [-0.3, -0.25) is 0 Å². The zero-order chi connectivity index (χ0) is 9.56. The van der Waals surface area contributed by atoms with Crippen LogP contribution in [0.1, 0.15) is 13.8 Å². The lowest BCUT2D eigenvalue weighted by Gasteiger charge is -2.06. The maximum atomic E-state index is 10.7. The van der Waals surface area contributed by atoms with Crippen molar-refractivity contribution < 1.29 is 14.4 Å². The lowest BCUT2D eigenvalue weighted by atomic mass is 10.2. The molecule has 0 unspecified atom stereocenters. The van der Waals surface area contributed by atoms with Crippen LogP contribution in [0, 0.1) is 5.92 Å². The topological polar surface area (TPSA) is 61.5 Å². The highest BCUT2D eigenvalue weighted by atomic mass is 16.7. The molecule has 0 aromatic carbocycles. The number of carbonyl (C=O) groups is 1. The van der Waals surface area contributed by atoms with E-state index in [1.807, 2.05) is 13.8 Å². The molecule has 0 saturated heterocycles. The van der Waals surface area contributed by atoms with Crippen LogP contribution in [-0.4, -0.2) is 19.2 Å². The van der Waals surface area contributed by atoms with E-state index in [-0.39, 0.29) is 12.2 Å². The third-order valence-electron chi connectivity index (χ3n) is 1.12. The quantitative estimate of drug-likeness (QED) is 0.489. The van der Waals surface area contributed by atoms with Crippen molar-refractivity contribution in [2.24, 2.45) is 11.8 Å². The summed E-state index contributed by atoms with van der Waals surface area (Å²) < 4.78 is 5.12. The fourth-order valence-electron chi connectivity index (χ4n) is 0.560. The summed E-state index contributed by atoms with van der Waals surface area (Å²) in [4.78, 5) is 14.6. The fourth-order valence-corrected chi connectivity index (χ4v) is 0.560. The number of rotatable bonds is 5. The molecule has 0 rings (SSSR count). The van der Waals surface area contributed by atoms with Gasteiger partial charge in [0.2, 0.25) is 0 Å². The second-order valence-corrected chi connectivity index (χ2v) is 2.92. The molecule has 0 fully saturated rings.